The Bertz CT molecular complexity index is 684. The molecule has 0 saturated heterocycles. The molecule has 0 heterocycles. The van der Waals surface area contributed by atoms with Gasteiger partial charge in [-0.2, -0.15) is 0 Å². The second-order valence-corrected chi connectivity index (χ2v) is 5.68. The number of amides is 2. The van der Waals surface area contributed by atoms with E-state index in [1.54, 1.807) is 24.3 Å². The number of aryl methyl sites for hydroxylation is 1. The maximum absolute atomic E-state index is 11.8. The molecule has 2 aromatic rings. The summed E-state index contributed by atoms with van der Waals surface area (Å²) in [7, 11) is 0. The summed E-state index contributed by atoms with van der Waals surface area (Å²) in [4.78, 5) is 23.6. The number of benzene rings is 2. The van der Waals surface area contributed by atoms with Crippen molar-refractivity contribution in [2.75, 3.05) is 10.6 Å². The molecule has 0 saturated carbocycles. The minimum Gasteiger partial charge on any atom is -0.506 e. The number of phenols is 1. The van der Waals surface area contributed by atoms with E-state index in [2.05, 4.69) is 33.2 Å². The highest BCUT2D eigenvalue weighted by molar-refractivity contribution is 14.1. The van der Waals surface area contributed by atoms with E-state index >= 15 is 0 Å². The van der Waals surface area contributed by atoms with Gasteiger partial charge in [-0.3, -0.25) is 9.59 Å². The molecule has 2 amide bonds. The highest BCUT2D eigenvalue weighted by atomic mass is 127. The van der Waals surface area contributed by atoms with Crippen LogP contribution in [-0.4, -0.2) is 16.9 Å². The number of nitrogens with one attached hydrogen (secondary N) is 2. The monoisotopic (exact) mass is 396 g/mol. The molecule has 0 bridgehead atoms. The summed E-state index contributed by atoms with van der Waals surface area (Å²) < 4.78 is 1.03. The molecule has 0 aliphatic heterocycles. The maximum Gasteiger partial charge on any atom is 0.314 e. The van der Waals surface area contributed by atoms with Gasteiger partial charge in [0.1, 0.15) is 5.75 Å². The molecule has 21 heavy (non-hydrogen) atoms. The number of hydrogen-bond donors (Lipinski definition) is 3. The fraction of sp³-hybridized carbons (Fsp3) is 0.0667. The minimum atomic E-state index is -0.838. The average Bonchev–Trinajstić information content (AvgIpc) is 2.45. The highest BCUT2D eigenvalue weighted by Crippen LogP contribution is 2.23. The van der Waals surface area contributed by atoms with Gasteiger partial charge in [0, 0.05) is 9.26 Å². The zero-order valence-electron chi connectivity index (χ0n) is 11.2. The van der Waals surface area contributed by atoms with Crippen molar-refractivity contribution in [1.29, 1.82) is 0 Å². The number of anilines is 2. The zero-order valence-corrected chi connectivity index (χ0v) is 13.3. The van der Waals surface area contributed by atoms with Crippen LogP contribution in [-0.2, 0) is 9.59 Å². The molecule has 0 spiro atoms. The van der Waals surface area contributed by atoms with Gasteiger partial charge in [-0.15, -0.1) is 0 Å². The maximum atomic E-state index is 11.8. The average molecular weight is 396 g/mol. The van der Waals surface area contributed by atoms with Crippen molar-refractivity contribution >= 4 is 45.8 Å². The van der Waals surface area contributed by atoms with Crippen LogP contribution in [0.15, 0.2) is 42.5 Å². The first-order chi connectivity index (χ1) is 9.95. The van der Waals surface area contributed by atoms with Gasteiger partial charge in [0.25, 0.3) is 0 Å². The van der Waals surface area contributed by atoms with Crippen molar-refractivity contribution in [2.24, 2.45) is 0 Å². The van der Waals surface area contributed by atoms with Crippen molar-refractivity contribution < 1.29 is 14.7 Å². The van der Waals surface area contributed by atoms with Crippen LogP contribution in [0.4, 0.5) is 11.4 Å². The van der Waals surface area contributed by atoms with Gasteiger partial charge < -0.3 is 15.7 Å². The Hall–Kier alpha value is -2.09. The highest BCUT2D eigenvalue weighted by Gasteiger charge is 2.15. The van der Waals surface area contributed by atoms with E-state index in [0.29, 0.717) is 5.69 Å². The Morgan fingerprint density at radius 3 is 2.29 bits per heavy atom. The summed E-state index contributed by atoms with van der Waals surface area (Å²) in [6.07, 6.45) is 0. The third kappa shape index (κ3) is 4.19. The number of phenolic OH excluding ortho intramolecular Hbond substituents is 1. The Balaban J connectivity index is 2.04. The molecule has 0 radical (unpaired) electrons. The van der Waals surface area contributed by atoms with Crippen LogP contribution in [0.5, 0.6) is 5.75 Å². The first-order valence-electron chi connectivity index (χ1n) is 6.13. The Morgan fingerprint density at radius 1 is 1.00 bits per heavy atom. The Morgan fingerprint density at radius 2 is 1.62 bits per heavy atom. The largest absolute Gasteiger partial charge is 0.506 e. The number of carbonyl (C=O) groups is 2. The lowest BCUT2D eigenvalue weighted by Crippen LogP contribution is -2.29. The lowest BCUT2D eigenvalue weighted by Gasteiger charge is -2.08. The fourth-order valence-corrected chi connectivity index (χ4v) is 2.01. The van der Waals surface area contributed by atoms with Crippen LogP contribution in [0.2, 0.25) is 0 Å². The zero-order chi connectivity index (χ0) is 15.4. The molecule has 0 unspecified atom stereocenters. The normalized spacial score (nSPS) is 10.0. The molecule has 0 atom stereocenters. The summed E-state index contributed by atoms with van der Waals surface area (Å²) >= 11 is 2.15. The van der Waals surface area contributed by atoms with Crippen molar-refractivity contribution in [1.82, 2.24) is 0 Å². The van der Waals surface area contributed by atoms with Gasteiger partial charge in [-0.1, -0.05) is 6.07 Å². The van der Waals surface area contributed by atoms with E-state index in [0.717, 1.165) is 9.13 Å². The summed E-state index contributed by atoms with van der Waals surface area (Å²) in [6.45, 7) is 1.82. The van der Waals surface area contributed by atoms with E-state index < -0.39 is 11.8 Å². The van der Waals surface area contributed by atoms with E-state index in [4.69, 9.17) is 0 Å². The predicted octanol–water partition coefficient (Wildman–Crippen LogP) is 2.88. The van der Waals surface area contributed by atoms with E-state index in [1.807, 2.05) is 19.1 Å². The van der Waals surface area contributed by atoms with Crippen molar-refractivity contribution in [3.8, 4) is 5.75 Å². The van der Waals surface area contributed by atoms with Gasteiger partial charge >= 0.3 is 11.8 Å². The van der Waals surface area contributed by atoms with Crippen LogP contribution in [0.25, 0.3) is 0 Å². The van der Waals surface area contributed by atoms with Gasteiger partial charge in [0.15, 0.2) is 0 Å². The van der Waals surface area contributed by atoms with Crippen LogP contribution in [0.1, 0.15) is 5.56 Å². The first-order valence-corrected chi connectivity index (χ1v) is 7.21. The molecular formula is C15H13IN2O3. The van der Waals surface area contributed by atoms with Crippen molar-refractivity contribution in [3.63, 3.8) is 0 Å². The van der Waals surface area contributed by atoms with E-state index in [1.165, 1.54) is 6.07 Å². The molecule has 108 valence electrons. The summed E-state index contributed by atoms with van der Waals surface area (Å²) in [6, 6.07) is 11.8. The number of aromatic hydroxyl groups is 1. The molecule has 6 heteroatoms. The SMILES string of the molecule is Cc1ccc(O)c(NC(=O)C(=O)Nc2ccc(I)cc2)c1. The Kier molecular flexibility index (Phi) is 4.79. The molecule has 5 nitrogen and oxygen atoms in total. The minimum absolute atomic E-state index is 0.0870. The summed E-state index contributed by atoms with van der Waals surface area (Å²) in [5, 5.41) is 14.5. The third-order valence-corrected chi connectivity index (χ3v) is 3.43. The molecule has 2 rings (SSSR count). The standard InChI is InChI=1S/C15H13IN2O3/c1-9-2-7-13(19)12(8-9)18-15(21)14(20)17-11-5-3-10(16)4-6-11/h2-8,19H,1H3,(H,17,20)(H,18,21). The first kappa shape index (κ1) is 15.3. The lowest BCUT2D eigenvalue weighted by atomic mass is 10.2. The van der Waals surface area contributed by atoms with Gasteiger partial charge in [0.05, 0.1) is 5.69 Å². The van der Waals surface area contributed by atoms with Crippen LogP contribution >= 0.6 is 22.6 Å². The lowest BCUT2D eigenvalue weighted by molar-refractivity contribution is -0.133. The predicted molar refractivity (Wildman–Crippen MR) is 89.3 cm³/mol. The number of halogens is 1. The van der Waals surface area contributed by atoms with Gasteiger partial charge in [-0.05, 0) is 71.5 Å². The second-order valence-electron chi connectivity index (χ2n) is 4.44. The smallest absolute Gasteiger partial charge is 0.314 e. The Labute approximate surface area is 135 Å². The number of hydrogen-bond acceptors (Lipinski definition) is 3. The molecular weight excluding hydrogens is 383 g/mol. The quantitative estimate of drug-likeness (QED) is 0.415. The molecule has 0 aromatic heterocycles. The van der Waals surface area contributed by atoms with Crippen LogP contribution in [0.3, 0.4) is 0 Å². The van der Waals surface area contributed by atoms with Crippen molar-refractivity contribution in [3.05, 3.63) is 51.6 Å². The van der Waals surface area contributed by atoms with Crippen LogP contribution in [0, 0.1) is 10.5 Å². The molecule has 3 N–H and O–H groups in total. The van der Waals surface area contributed by atoms with E-state index in [9.17, 15) is 14.7 Å². The topological polar surface area (TPSA) is 78.4 Å². The van der Waals surface area contributed by atoms with Crippen LogP contribution < -0.4 is 10.6 Å². The van der Waals surface area contributed by atoms with Crippen molar-refractivity contribution in [2.45, 2.75) is 6.92 Å². The number of rotatable bonds is 2. The third-order valence-electron chi connectivity index (χ3n) is 2.71. The summed E-state index contributed by atoms with van der Waals surface area (Å²) in [5.41, 5.74) is 1.60. The van der Waals surface area contributed by atoms with Gasteiger partial charge in [0.2, 0.25) is 0 Å². The molecule has 0 aliphatic rings. The second kappa shape index (κ2) is 6.57. The number of carbonyl (C=O) groups excluding carboxylic acids is 2. The molecule has 2 aromatic carbocycles. The molecule has 0 aliphatic carbocycles. The van der Waals surface area contributed by atoms with E-state index in [-0.39, 0.29) is 11.4 Å². The fourth-order valence-electron chi connectivity index (χ4n) is 1.65. The van der Waals surface area contributed by atoms with Gasteiger partial charge in [-0.25, -0.2) is 0 Å². The molecule has 0 fully saturated rings. The summed E-state index contributed by atoms with van der Waals surface area (Å²) in [5.74, 6) is -1.72.